The van der Waals surface area contributed by atoms with Crippen molar-refractivity contribution in [1.29, 1.82) is 0 Å². The molecule has 1 aromatic rings. The summed E-state index contributed by atoms with van der Waals surface area (Å²) < 4.78 is 1.86. The van der Waals surface area contributed by atoms with Crippen molar-refractivity contribution >= 4 is 17.8 Å². The highest BCUT2D eigenvalue weighted by molar-refractivity contribution is 6.09. The average Bonchev–Trinajstić information content (AvgIpc) is 3.18. The van der Waals surface area contributed by atoms with Crippen LogP contribution in [0.15, 0.2) is 18.7 Å². The number of amides is 4. The van der Waals surface area contributed by atoms with E-state index in [0.29, 0.717) is 25.3 Å². The molecule has 1 saturated heterocycles. The maximum Gasteiger partial charge on any atom is 0.325 e. The van der Waals surface area contributed by atoms with Gasteiger partial charge >= 0.3 is 6.03 Å². The number of hydrogen-bond acceptors (Lipinski definition) is 4. The standard InChI is InChI=1S/C18H27N5O3/c1-3-14-4-6-18(7-5-14)16(25)23(17(26)21-18)11-15(24)20-13(2)10-22-9-8-19-12-22/h8-9,12-14H,3-7,10-11H2,1-2H3,(H,20,24)(H,21,26). The zero-order chi connectivity index (χ0) is 18.7. The summed E-state index contributed by atoms with van der Waals surface area (Å²) in [5.41, 5.74) is -0.800. The van der Waals surface area contributed by atoms with E-state index in [2.05, 4.69) is 22.5 Å². The van der Waals surface area contributed by atoms with Gasteiger partial charge in [0, 0.05) is 25.0 Å². The maximum atomic E-state index is 12.8. The molecule has 4 amide bonds. The maximum absolute atomic E-state index is 12.8. The van der Waals surface area contributed by atoms with Gasteiger partial charge in [-0.2, -0.15) is 0 Å². The quantitative estimate of drug-likeness (QED) is 0.746. The Bertz CT molecular complexity index is 664. The van der Waals surface area contributed by atoms with Crippen LogP contribution in [0.4, 0.5) is 4.79 Å². The number of nitrogens with one attached hydrogen (secondary N) is 2. The predicted octanol–water partition coefficient (Wildman–Crippen LogP) is 1.28. The van der Waals surface area contributed by atoms with Gasteiger partial charge in [0.2, 0.25) is 5.91 Å². The highest BCUT2D eigenvalue weighted by atomic mass is 16.2. The molecule has 2 N–H and O–H groups in total. The lowest BCUT2D eigenvalue weighted by atomic mass is 9.75. The third-order valence-corrected chi connectivity index (χ3v) is 5.53. The van der Waals surface area contributed by atoms with Gasteiger partial charge in [-0.05, 0) is 38.5 Å². The van der Waals surface area contributed by atoms with E-state index < -0.39 is 11.6 Å². The van der Waals surface area contributed by atoms with Crippen LogP contribution >= 0.6 is 0 Å². The number of imidazole rings is 1. The van der Waals surface area contributed by atoms with E-state index >= 15 is 0 Å². The third kappa shape index (κ3) is 3.73. The molecule has 1 atom stereocenters. The van der Waals surface area contributed by atoms with E-state index in [4.69, 9.17) is 0 Å². The van der Waals surface area contributed by atoms with Crippen LogP contribution in [-0.2, 0) is 16.1 Å². The second-order valence-corrected chi connectivity index (χ2v) is 7.48. The van der Waals surface area contributed by atoms with Crippen molar-refractivity contribution in [2.75, 3.05) is 6.54 Å². The SMILES string of the molecule is CCC1CCC2(CC1)NC(=O)N(CC(=O)NC(C)Cn1ccnc1)C2=O. The van der Waals surface area contributed by atoms with Gasteiger partial charge in [-0.3, -0.25) is 14.5 Å². The highest BCUT2D eigenvalue weighted by Gasteiger charge is 2.52. The van der Waals surface area contributed by atoms with Crippen LogP contribution in [0.5, 0.6) is 0 Å². The minimum absolute atomic E-state index is 0.133. The molecule has 1 saturated carbocycles. The number of nitrogens with zero attached hydrogens (tertiary/aromatic N) is 3. The highest BCUT2D eigenvalue weighted by Crippen LogP contribution is 2.37. The van der Waals surface area contributed by atoms with Crippen molar-refractivity contribution in [1.82, 2.24) is 25.1 Å². The molecule has 1 spiro atoms. The van der Waals surface area contributed by atoms with Crippen molar-refractivity contribution in [2.45, 2.75) is 64.1 Å². The molecule has 1 unspecified atom stereocenters. The minimum Gasteiger partial charge on any atom is -0.350 e. The number of imide groups is 1. The number of carbonyl (C=O) groups excluding carboxylic acids is 3. The molecule has 3 rings (SSSR count). The number of rotatable bonds is 6. The van der Waals surface area contributed by atoms with Crippen molar-refractivity contribution in [3.63, 3.8) is 0 Å². The van der Waals surface area contributed by atoms with Crippen LogP contribution < -0.4 is 10.6 Å². The van der Waals surface area contributed by atoms with Gasteiger partial charge in [-0.15, -0.1) is 0 Å². The van der Waals surface area contributed by atoms with Crippen LogP contribution in [0.3, 0.4) is 0 Å². The molecular formula is C18H27N5O3. The van der Waals surface area contributed by atoms with Gasteiger partial charge in [0.1, 0.15) is 12.1 Å². The van der Waals surface area contributed by atoms with Crippen molar-refractivity contribution in [3.8, 4) is 0 Å². The molecular weight excluding hydrogens is 334 g/mol. The summed E-state index contributed by atoms with van der Waals surface area (Å²) in [4.78, 5) is 42.4. The molecule has 0 aromatic carbocycles. The Kier molecular flexibility index (Phi) is 5.29. The molecule has 142 valence electrons. The lowest BCUT2D eigenvalue weighted by Crippen LogP contribution is -2.50. The van der Waals surface area contributed by atoms with Crippen LogP contribution in [-0.4, -0.2) is 50.4 Å². The zero-order valence-electron chi connectivity index (χ0n) is 15.4. The lowest BCUT2D eigenvalue weighted by Gasteiger charge is -2.34. The van der Waals surface area contributed by atoms with Crippen molar-refractivity contribution in [3.05, 3.63) is 18.7 Å². The van der Waals surface area contributed by atoms with Gasteiger partial charge in [0.05, 0.1) is 6.33 Å². The van der Waals surface area contributed by atoms with E-state index in [1.165, 1.54) is 0 Å². The Hall–Kier alpha value is -2.38. The molecule has 0 bridgehead atoms. The molecule has 8 heteroatoms. The van der Waals surface area contributed by atoms with Gasteiger partial charge < -0.3 is 15.2 Å². The predicted molar refractivity (Wildman–Crippen MR) is 95.1 cm³/mol. The number of urea groups is 1. The molecule has 1 aromatic heterocycles. The van der Waals surface area contributed by atoms with Gasteiger partial charge in [-0.25, -0.2) is 9.78 Å². The minimum atomic E-state index is -0.800. The van der Waals surface area contributed by atoms with Crippen LogP contribution in [0.1, 0.15) is 46.0 Å². The third-order valence-electron chi connectivity index (χ3n) is 5.53. The summed E-state index contributed by atoms with van der Waals surface area (Å²) in [5, 5.41) is 5.69. The second kappa shape index (κ2) is 7.47. The average molecular weight is 361 g/mol. The summed E-state index contributed by atoms with van der Waals surface area (Å²) in [5.74, 6) is 0.0292. The molecule has 8 nitrogen and oxygen atoms in total. The monoisotopic (exact) mass is 361 g/mol. The summed E-state index contributed by atoms with van der Waals surface area (Å²) in [6, 6.07) is -0.589. The van der Waals surface area contributed by atoms with E-state index in [1.807, 2.05) is 17.7 Å². The summed E-state index contributed by atoms with van der Waals surface area (Å²) in [6.45, 7) is 4.36. The van der Waals surface area contributed by atoms with E-state index in [1.54, 1.807) is 12.5 Å². The largest absolute Gasteiger partial charge is 0.350 e. The van der Waals surface area contributed by atoms with Gasteiger partial charge in [0.25, 0.3) is 5.91 Å². The molecule has 2 heterocycles. The normalized spacial score (nSPS) is 26.8. The first-order valence-electron chi connectivity index (χ1n) is 9.32. The fourth-order valence-electron chi connectivity index (χ4n) is 3.96. The Morgan fingerprint density at radius 2 is 2.15 bits per heavy atom. The number of carbonyl (C=O) groups is 3. The summed E-state index contributed by atoms with van der Waals surface area (Å²) in [7, 11) is 0. The fraction of sp³-hybridized carbons (Fsp3) is 0.667. The Labute approximate surface area is 153 Å². The molecule has 2 aliphatic rings. The Morgan fingerprint density at radius 1 is 1.42 bits per heavy atom. The molecule has 0 radical (unpaired) electrons. The summed E-state index contributed by atoms with van der Waals surface area (Å²) in [6.07, 6.45) is 9.45. The number of hydrogen-bond donors (Lipinski definition) is 2. The first-order chi connectivity index (χ1) is 12.4. The molecule has 26 heavy (non-hydrogen) atoms. The summed E-state index contributed by atoms with van der Waals surface area (Å²) >= 11 is 0. The smallest absolute Gasteiger partial charge is 0.325 e. The number of aromatic nitrogens is 2. The molecule has 2 fully saturated rings. The second-order valence-electron chi connectivity index (χ2n) is 7.48. The first-order valence-corrected chi connectivity index (χ1v) is 9.32. The molecule has 1 aliphatic carbocycles. The van der Waals surface area contributed by atoms with E-state index in [9.17, 15) is 14.4 Å². The van der Waals surface area contributed by atoms with Gasteiger partial charge in [0.15, 0.2) is 0 Å². The Balaban J connectivity index is 1.55. The van der Waals surface area contributed by atoms with Crippen molar-refractivity contribution in [2.24, 2.45) is 5.92 Å². The van der Waals surface area contributed by atoms with Crippen LogP contribution in [0.2, 0.25) is 0 Å². The molecule has 1 aliphatic heterocycles. The van der Waals surface area contributed by atoms with Crippen LogP contribution in [0.25, 0.3) is 0 Å². The lowest BCUT2D eigenvalue weighted by molar-refractivity contribution is -0.136. The van der Waals surface area contributed by atoms with Crippen molar-refractivity contribution < 1.29 is 14.4 Å². The zero-order valence-corrected chi connectivity index (χ0v) is 15.4. The fourth-order valence-corrected chi connectivity index (χ4v) is 3.96. The van der Waals surface area contributed by atoms with E-state index in [-0.39, 0.29) is 24.4 Å². The Morgan fingerprint density at radius 3 is 2.77 bits per heavy atom. The van der Waals surface area contributed by atoms with E-state index in [0.717, 1.165) is 24.2 Å². The topological polar surface area (TPSA) is 96.3 Å². The van der Waals surface area contributed by atoms with Gasteiger partial charge in [-0.1, -0.05) is 13.3 Å². The van der Waals surface area contributed by atoms with Crippen LogP contribution in [0, 0.1) is 5.92 Å². The first kappa shape index (κ1) is 18.4.